The summed E-state index contributed by atoms with van der Waals surface area (Å²) in [6.45, 7) is 3.44. The molecule has 0 aliphatic heterocycles. The normalized spacial score (nSPS) is 10.2. The van der Waals surface area contributed by atoms with E-state index in [1.807, 2.05) is 30.9 Å². The Morgan fingerprint density at radius 1 is 1.33 bits per heavy atom. The summed E-state index contributed by atoms with van der Waals surface area (Å²) in [5, 5.41) is 7.45. The summed E-state index contributed by atoms with van der Waals surface area (Å²) in [7, 11) is 1.92. The van der Waals surface area contributed by atoms with Gasteiger partial charge in [-0.2, -0.15) is 5.10 Å². The molecule has 0 spiro atoms. The van der Waals surface area contributed by atoms with Crippen molar-refractivity contribution in [2.45, 2.75) is 20.0 Å². The lowest BCUT2D eigenvalue weighted by Gasteiger charge is -2.04. The number of hydrogen-bond acceptors (Lipinski definition) is 2. The lowest BCUT2D eigenvalue weighted by atomic mass is 10.2. The lowest BCUT2D eigenvalue weighted by molar-refractivity contribution is 0.620. The molecule has 0 radical (unpaired) electrons. The first-order valence-electron chi connectivity index (χ1n) is 5.59. The number of hydrogen-bond donors (Lipinski definition) is 1. The maximum Gasteiger partial charge on any atom is 0.123 e. The Morgan fingerprint density at radius 3 is 2.72 bits per heavy atom. The van der Waals surface area contributed by atoms with Gasteiger partial charge in [-0.25, -0.2) is 4.39 Å². The minimum Gasteiger partial charge on any atom is -0.308 e. The molecule has 0 aliphatic carbocycles. The Balaban J connectivity index is 0.00000162. The van der Waals surface area contributed by atoms with Crippen molar-refractivity contribution in [3.63, 3.8) is 0 Å². The molecule has 1 heterocycles. The summed E-state index contributed by atoms with van der Waals surface area (Å²) in [6.07, 6.45) is 1.86. The zero-order valence-electron chi connectivity index (χ0n) is 10.5. The van der Waals surface area contributed by atoms with E-state index in [0.29, 0.717) is 6.54 Å². The van der Waals surface area contributed by atoms with Gasteiger partial charge < -0.3 is 5.32 Å². The first-order valence-corrected chi connectivity index (χ1v) is 5.59. The molecule has 0 saturated heterocycles. The van der Waals surface area contributed by atoms with E-state index in [1.165, 1.54) is 11.6 Å². The Bertz CT molecular complexity index is 511. The predicted molar refractivity (Wildman–Crippen MR) is 72.1 cm³/mol. The van der Waals surface area contributed by atoms with E-state index in [0.717, 1.165) is 17.8 Å². The second kappa shape index (κ2) is 6.52. The van der Waals surface area contributed by atoms with Gasteiger partial charge in [0.25, 0.3) is 0 Å². The van der Waals surface area contributed by atoms with Gasteiger partial charge in [0.05, 0.1) is 6.20 Å². The van der Waals surface area contributed by atoms with Crippen LogP contribution in [0.4, 0.5) is 4.39 Å². The Labute approximate surface area is 112 Å². The molecule has 1 N–H and O–H groups in total. The quantitative estimate of drug-likeness (QED) is 0.925. The van der Waals surface area contributed by atoms with Crippen LogP contribution in [-0.2, 0) is 20.1 Å². The third kappa shape index (κ3) is 3.55. The molecule has 0 atom stereocenters. The minimum absolute atomic E-state index is 0. The molecule has 2 aromatic rings. The molecule has 1 aromatic heterocycles. The standard InChI is InChI=1S/C13H16FN3.ClH/c1-10-12(9-16-17(10)2)8-15-7-11-4-3-5-13(14)6-11;/h3-6,9,15H,7-8H2,1-2H3;1H. The molecule has 3 nitrogen and oxygen atoms in total. The smallest absolute Gasteiger partial charge is 0.123 e. The van der Waals surface area contributed by atoms with Gasteiger partial charge in [0.1, 0.15) is 5.82 Å². The number of halogens is 2. The minimum atomic E-state index is -0.193. The van der Waals surface area contributed by atoms with Crippen molar-refractivity contribution < 1.29 is 4.39 Å². The van der Waals surface area contributed by atoms with Crippen LogP contribution < -0.4 is 5.32 Å². The monoisotopic (exact) mass is 269 g/mol. The summed E-state index contributed by atoms with van der Waals surface area (Å²) in [5.41, 5.74) is 3.27. The van der Waals surface area contributed by atoms with E-state index in [-0.39, 0.29) is 18.2 Å². The Morgan fingerprint density at radius 2 is 2.11 bits per heavy atom. The number of nitrogens with zero attached hydrogens (tertiary/aromatic N) is 2. The number of nitrogens with one attached hydrogen (secondary N) is 1. The third-order valence-corrected chi connectivity index (χ3v) is 2.87. The van der Waals surface area contributed by atoms with Crippen LogP contribution in [0.25, 0.3) is 0 Å². The fourth-order valence-electron chi connectivity index (χ4n) is 1.71. The van der Waals surface area contributed by atoms with Gasteiger partial charge in [-0.15, -0.1) is 12.4 Å². The number of rotatable bonds is 4. The van der Waals surface area contributed by atoms with Crippen molar-refractivity contribution in [1.82, 2.24) is 15.1 Å². The maximum atomic E-state index is 12.9. The van der Waals surface area contributed by atoms with Crippen LogP contribution in [0.1, 0.15) is 16.8 Å². The van der Waals surface area contributed by atoms with Gasteiger partial charge in [0.2, 0.25) is 0 Å². The fourth-order valence-corrected chi connectivity index (χ4v) is 1.71. The first-order chi connectivity index (χ1) is 8.16. The summed E-state index contributed by atoms with van der Waals surface area (Å²) < 4.78 is 14.8. The van der Waals surface area contributed by atoms with Gasteiger partial charge in [-0.05, 0) is 24.6 Å². The van der Waals surface area contributed by atoms with Gasteiger partial charge in [-0.3, -0.25) is 4.68 Å². The SMILES string of the molecule is Cc1c(CNCc2cccc(F)c2)cnn1C.Cl. The lowest BCUT2D eigenvalue weighted by Crippen LogP contribution is -2.13. The number of aromatic nitrogens is 2. The first kappa shape index (κ1) is 14.7. The van der Waals surface area contributed by atoms with E-state index < -0.39 is 0 Å². The van der Waals surface area contributed by atoms with Crippen molar-refractivity contribution in [2.24, 2.45) is 7.05 Å². The predicted octanol–water partition coefficient (Wildman–Crippen LogP) is 2.58. The summed E-state index contributed by atoms with van der Waals surface area (Å²) >= 11 is 0. The van der Waals surface area contributed by atoms with Gasteiger partial charge in [-0.1, -0.05) is 12.1 Å². The highest BCUT2D eigenvalue weighted by Crippen LogP contribution is 2.06. The Kier molecular flexibility index (Phi) is 5.31. The highest BCUT2D eigenvalue weighted by Gasteiger charge is 2.02. The van der Waals surface area contributed by atoms with E-state index in [4.69, 9.17) is 0 Å². The second-order valence-electron chi connectivity index (χ2n) is 4.11. The molecular weight excluding hydrogens is 253 g/mol. The van der Waals surface area contributed by atoms with E-state index in [9.17, 15) is 4.39 Å². The van der Waals surface area contributed by atoms with Crippen LogP contribution >= 0.6 is 12.4 Å². The van der Waals surface area contributed by atoms with Crippen LogP contribution in [-0.4, -0.2) is 9.78 Å². The molecule has 0 aliphatic rings. The van der Waals surface area contributed by atoms with Crippen molar-refractivity contribution in [3.05, 3.63) is 53.1 Å². The zero-order valence-corrected chi connectivity index (χ0v) is 11.3. The molecule has 1 aromatic carbocycles. The van der Waals surface area contributed by atoms with Crippen molar-refractivity contribution in [2.75, 3.05) is 0 Å². The van der Waals surface area contributed by atoms with Crippen LogP contribution in [0.3, 0.4) is 0 Å². The number of benzene rings is 1. The third-order valence-electron chi connectivity index (χ3n) is 2.87. The summed E-state index contributed by atoms with van der Waals surface area (Å²) in [6, 6.07) is 6.63. The molecule has 0 bridgehead atoms. The molecule has 0 unspecified atom stereocenters. The average molecular weight is 270 g/mol. The number of aryl methyl sites for hydroxylation is 1. The fraction of sp³-hybridized carbons (Fsp3) is 0.308. The van der Waals surface area contributed by atoms with Crippen LogP contribution in [0.5, 0.6) is 0 Å². The van der Waals surface area contributed by atoms with Gasteiger partial charge in [0, 0.05) is 31.4 Å². The van der Waals surface area contributed by atoms with Crippen molar-refractivity contribution >= 4 is 12.4 Å². The molecular formula is C13H17ClFN3. The van der Waals surface area contributed by atoms with Crippen LogP contribution in [0.15, 0.2) is 30.5 Å². The zero-order chi connectivity index (χ0) is 12.3. The van der Waals surface area contributed by atoms with E-state index >= 15 is 0 Å². The molecule has 18 heavy (non-hydrogen) atoms. The van der Waals surface area contributed by atoms with Gasteiger partial charge >= 0.3 is 0 Å². The molecule has 0 fully saturated rings. The van der Waals surface area contributed by atoms with Crippen molar-refractivity contribution in [1.29, 1.82) is 0 Å². The molecule has 2 rings (SSSR count). The van der Waals surface area contributed by atoms with Gasteiger partial charge in [0.15, 0.2) is 0 Å². The summed E-state index contributed by atoms with van der Waals surface area (Å²) in [5.74, 6) is -0.193. The summed E-state index contributed by atoms with van der Waals surface area (Å²) in [4.78, 5) is 0. The highest BCUT2D eigenvalue weighted by molar-refractivity contribution is 5.85. The van der Waals surface area contributed by atoms with Crippen molar-refractivity contribution in [3.8, 4) is 0 Å². The van der Waals surface area contributed by atoms with E-state index in [2.05, 4.69) is 10.4 Å². The molecule has 98 valence electrons. The highest BCUT2D eigenvalue weighted by atomic mass is 35.5. The Hall–Kier alpha value is -1.39. The topological polar surface area (TPSA) is 29.9 Å². The molecule has 0 amide bonds. The molecule has 0 saturated carbocycles. The second-order valence-corrected chi connectivity index (χ2v) is 4.11. The van der Waals surface area contributed by atoms with Crippen LogP contribution in [0, 0.1) is 12.7 Å². The molecule has 5 heteroatoms. The van der Waals surface area contributed by atoms with E-state index in [1.54, 1.807) is 12.1 Å². The largest absolute Gasteiger partial charge is 0.308 e. The van der Waals surface area contributed by atoms with Crippen LogP contribution in [0.2, 0.25) is 0 Å². The maximum absolute atomic E-state index is 12.9. The average Bonchev–Trinajstić information content (AvgIpc) is 2.61.